The number of hydrogen-bond acceptors (Lipinski definition) is 3. The molecule has 108 valence electrons. The second-order valence-corrected chi connectivity index (χ2v) is 8.31. The lowest BCUT2D eigenvalue weighted by Gasteiger charge is -2.17. The SMILES string of the molecule is CC(CCOC1CCCCCC1)CCS(=O)(=O)Cl. The van der Waals surface area contributed by atoms with Crippen LogP contribution in [-0.2, 0) is 13.8 Å². The van der Waals surface area contributed by atoms with Gasteiger partial charge in [-0.2, -0.15) is 0 Å². The van der Waals surface area contributed by atoms with Crippen LogP contribution in [0, 0.1) is 5.92 Å². The third-order valence-electron chi connectivity index (χ3n) is 3.62. The van der Waals surface area contributed by atoms with Crippen LogP contribution in [-0.4, -0.2) is 26.9 Å². The number of ether oxygens (including phenoxy) is 1. The van der Waals surface area contributed by atoms with E-state index < -0.39 is 9.05 Å². The van der Waals surface area contributed by atoms with Crippen molar-refractivity contribution in [1.29, 1.82) is 0 Å². The van der Waals surface area contributed by atoms with Crippen molar-refractivity contribution >= 4 is 19.7 Å². The van der Waals surface area contributed by atoms with Crippen LogP contribution in [0.1, 0.15) is 58.3 Å². The summed E-state index contributed by atoms with van der Waals surface area (Å²) in [6, 6.07) is 0. The molecule has 18 heavy (non-hydrogen) atoms. The molecule has 0 bridgehead atoms. The molecule has 0 aliphatic heterocycles. The summed E-state index contributed by atoms with van der Waals surface area (Å²) in [5, 5.41) is 0. The highest BCUT2D eigenvalue weighted by molar-refractivity contribution is 8.13. The van der Waals surface area contributed by atoms with E-state index in [4.69, 9.17) is 15.4 Å². The molecule has 3 nitrogen and oxygen atoms in total. The van der Waals surface area contributed by atoms with Gasteiger partial charge >= 0.3 is 0 Å². The quantitative estimate of drug-likeness (QED) is 0.531. The van der Waals surface area contributed by atoms with Crippen molar-refractivity contribution < 1.29 is 13.2 Å². The Kier molecular flexibility index (Phi) is 7.57. The second kappa shape index (κ2) is 8.39. The highest BCUT2D eigenvalue weighted by Crippen LogP contribution is 2.20. The van der Waals surface area contributed by atoms with Gasteiger partial charge in [-0.05, 0) is 31.6 Å². The lowest BCUT2D eigenvalue weighted by atomic mass is 10.1. The first kappa shape index (κ1) is 16.3. The van der Waals surface area contributed by atoms with E-state index in [1.165, 1.54) is 38.5 Å². The highest BCUT2D eigenvalue weighted by Gasteiger charge is 2.14. The average molecular weight is 297 g/mol. The van der Waals surface area contributed by atoms with Gasteiger partial charge in [0.1, 0.15) is 0 Å². The maximum Gasteiger partial charge on any atom is 0.232 e. The van der Waals surface area contributed by atoms with E-state index in [2.05, 4.69) is 6.92 Å². The summed E-state index contributed by atoms with van der Waals surface area (Å²) >= 11 is 0. The molecule has 0 radical (unpaired) electrons. The molecule has 5 heteroatoms. The maximum atomic E-state index is 10.8. The zero-order valence-corrected chi connectivity index (χ0v) is 12.8. The molecule has 0 heterocycles. The normalized spacial score (nSPS) is 20.6. The molecular formula is C13H25ClO3S. The Balaban J connectivity index is 2.08. The van der Waals surface area contributed by atoms with Crippen molar-refractivity contribution in [3.63, 3.8) is 0 Å². The fourth-order valence-electron chi connectivity index (χ4n) is 2.33. The van der Waals surface area contributed by atoms with E-state index in [-0.39, 0.29) is 5.75 Å². The lowest BCUT2D eigenvalue weighted by Crippen LogP contribution is -2.14. The van der Waals surface area contributed by atoms with Crippen LogP contribution < -0.4 is 0 Å². The van der Waals surface area contributed by atoms with Gasteiger partial charge in [-0.1, -0.05) is 32.6 Å². The summed E-state index contributed by atoms with van der Waals surface area (Å²) < 4.78 is 27.5. The summed E-state index contributed by atoms with van der Waals surface area (Å²) in [5.74, 6) is 0.420. The van der Waals surface area contributed by atoms with E-state index in [1.807, 2.05) is 0 Å². The summed E-state index contributed by atoms with van der Waals surface area (Å²) in [6.45, 7) is 2.80. The molecule has 1 saturated carbocycles. The predicted molar refractivity (Wildman–Crippen MR) is 75.5 cm³/mol. The molecule has 0 spiro atoms. The largest absolute Gasteiger partial charge is 0.378 e. The monoisotopic (exact) mass is 296 g/mol. The molecule has 1 rings (SSSR count). The number of halogens is 1. The van der Waals surface area contributed by atoms with Crippen molar-refractivity contribution in [3.8, 4) is 0 Å². The second-order valence-electron chi connectivity index (χ2n) is 5.41. The molecular weight excluding hydrogens is 272 g/mol. The van der Waals surface area contributed by atoms with E-state index in [0.29, 0.717) is 18.4 Å². The van der Waals surface area contributed by atoms with Gasteiger partial charge in [0.2, 0.25) is 9.05 Å². The minimum Gasteiger partial charge on any atom is -0.378 e. The maximum absolute atomic E-state index is 10.8. The van der Waals surface area contributed by atoms with Gasteiger partial charge in [0.25, 0.3) is 0 Å². The summed E-state index contributed by atoms with van der Waals surface area (Å²) in [4.78, 5) is 0. The van der Waals surface area contributed by atoms with Gasteiger partial charge in [0, 0.05) is 17.3 Å². The van der Waals surface area contributed by atoms with E-state index in [1.54, 1.807) is 0 Å². The molecule has 0 aromatic rings. The van der Waals surface area contributed by atoms with Gasteiger partial charge < -0.3 is 4.74 Å². The zero-order chi connectivity index (χ0) is 13.4. The minimum atomic E-state index is -3.34. The molecule has 1 unspecified atom stereocenters. The van der Waals surface area contributed by atoms with Crippen LogP contribution >= 0.6 is 10.7 Å². The predicted octanol–water partition coefficient (Wildman–Crippen LogP) is 3.71. The first-order valence-corrected chi connectivity index (χ1v) is 9.49. The van der Waals surface area contributed by atoms with Crippen molar-refractivity contribution in [1.82, 2.24) is 0 Å². The van der Waals surface area contributed by atoms with Gasteiger partial charge in [0.15, 0.2) is 0 Å². The van der Waals surface area contributed by atoms with Crippen LogP contribution in [0.2, 0.25) is 0 Å². The topological polar surface area (TPSA) is 43.4 Å². The Hall–Kier alpha value is 0.200. The molecule has 0 saturated heterocycles. The van der Waals surface area contributed by atoms with Crippen LogP contribution in [0.15, 0.2) is 0 Å². The molecule has 1 aliphatic rings. The molecule has 1 fully saturated rings. The Morgan fingerprint density at radius 1 is 1.17 bits per heavy atom. The summed E-state index contributed by atoms with van der Waals surface area (Å²) in [6.07, 6.45) is 9.58. The van der Waals surface area contributed by atoms with E-state index in [0.717, 1.165) is 13.0 Å². The Morgan fingerprint density at radius 2 is 1.78 bits per heavy atom. The van der Waals surface area contributed by atoms with Gasteiger partial charge in [-0.25, -0.2) is 8.42 Å². The number of rotatable bonds is 7. The number of hydrogen-bond donors (Lipinski definition) is 0. The van der Waals surface area contributed by atoms with E-state index in [9.17, 15) is 8.42 Å². The summed E-state index contributed by atoms with van der Waals surface area (Å²) in [5.41, 5.74) is 0. The first-order chi connectivity index (χ1) is 8.47. The summed E-state index contributed by atoms with van der Waals surface area (Å²) in [7, 11) is 1.85. The molecule has 0 aromatic carbocycles. The van der Waals surface area contributed by atoms with Crippen LogP contribution in [0.5, 0.6) is 0 Å². The highest BCUT2D eigenvalue weighted by atomic mass is 35.7. The van der Waals surface area contributed by atoms with Crippen LogP contribution in [0.4, 0.5) is 0 Å². The molecule has 1 aliphatic carbocycles. The van der Waals surface area contributed by atoms with Crippen molar-refractivity contribution in [2.75, 3.05) is 12.4 Å². The standard InChI is InChI=1S/C13H25ClO3S/c1-12(9-11-18(14,15)16)8-10-17-13-6-4-2-3-5-7-13/h12-13H,2-11H2,1H3. The smallest absolute Gasteiger partial charge is 0.232 e. The van der Waals surface area contributed by atoms with Crippen LogP contribution in [0.3, 0.4) is 0 Å². The van der Waals surface area contributed by atoms with Crippen molar-refractivity contribution in [2.45, 2.75) is 64.4 Å². The van der Waals surface area contributed by atoms with Crippen LogP contribution in [0.25, 0.3) is 0 Å². The molecule has 0 aromatic heterocycles. The van der Waals surface area contributed by atoms with Crippen molar-refractivity contribution in [3.05, 3.63) is 0 Å². The van der Waals surface area contributed by atoms with Gasteiger partial charge in [-0.3, -0.25) is 0 Å². The fourth-order valence-corrected chi connectivity index (χ4v) is 3.28. The average Bonchev–Trinajstić information content (AvgIpc) is 2.54. The molecule has 0 N–H and O–H groups in total. The Morgan fingerprint density at radius 3 is 2.33 bits per heavy atom. The Labute approximate surface area is 116 Å². The Bertz CT molecular complexity index is 308. The fraction of sp³-hybridized carbons (Fsp3) is 1.00. The molecule has 0 amide bonds. The lowest BCUT2D eigenvalue weighted by molar-refractivity contribution is 0.0359. The van der Waals surface area contributed by atoms with E-state index >= 15 is 0 Å². The van der Waals surface area contributed by atoms with Crippen molar-refractivity contribution in [2.24, 2.45) is 5.92 Å². The first-order valence-electron chi connectivity index (χ1n) is 7.01. The third-order valence-corrected chi connectivity index (χ3v) is 4.81. The molecule has 1 atom stereocenters. The zero-order valence-electron chi connectivity index (χ0n) is 11.2. The minimum absolute atomic E-state index is 0.0686. The van der Waals surface area contributed by atoms with Gasteiger partial charge in [-0.15, -0.1) is 0 Å². The third kappa shape index (κ3) is 8.33. The van der Waals surface area contributed by atoms with Gasteiger partial charge in [0.05, 0.1) is 11.9 Å².